The fourth-order valence-electron chi connectivity index (χ4n) is 8.49. The van der Waals surface area contributed by atoms with Crippen molar-refractivity contribution >= 4 is 19.7 Å². The third-order valence-electron chi connectivity index (χ3n) is 13.2. The van der Waals surface area contributed by atoms with Gasteiger partial charge in [0.1, 0.15) is 19.3 Å². The first kappa shape index (κ1) is 69.7. The number of ether oxygens (including phenoxy) is 1. The number of carbonyl (C=O) groups excluding carboxylic acids is 2. The molecule has 0 aromatic rings. The second-order valence-corrected chi connectivity index (χ2v) is 23.0. The molecule has 0 saturated heterocycles. The van der Waals surface area contributed by atoms with E-state index in [1.807, 2.05) is 33.3 Å². The molecule has 0 saturated carbocycles. The van der Waals surface area contributed by atoms with E-state index in [2.05, 4.69) is 74.7 Å². The number of hydrogen-bond acceptors (Lipinski definition) is 6. The molecule has 0 fully saturated rings. The lowest BCUT2D eigenvalue weighted by Gasteiger charge is -2.27. The number of carbonyl (C=O) groups is 2. The standard InChI is InChI=1S/C62H115N2O7P/c1-7-10-13-16-19-22-25-28-30-31-32-33-35-37-40-43-46-49-52-55-62(66)71-60(53-50-47-44-41-38-27-24-21-18-15-12-9-3)59(58-70-72(67,68)69-57-56-64(4,5)6)63-61(65)54-51-48-45-42-39-36-34-29-26-23-20-17-14-11-8-2/h19-20,22-23,26,28-30,50,53,59-60H,7-18,21,24-25,27,31-49,51-52,54-58H2,1-6H3,(H-,63,65,67,68)/p+1/b22-19-,23-20+,29-26+,30-28-,53-50+. The van der Waals surface area contributed by atoms with Crippen molar-refractivity contribution in [2.75, 3.05) is 40.9 Å². The number of hydrogen-bond donors (Lipinski definition) is 2. The molecule has 0 heterocycles. The summed E-state index contributed by atoms with van der Waals surface area (Å²) in [5.74, 6) is -0.520. The fraction of sp³-hybridized carbons (Fsp3) is 0.806. The normalized spacial score (nSPS) is 14.2. The molecule has 0 rings (SSSR count). The smallest absolute Gasteiger partial charge is 0.456 e. The van der Waals surface area contributed by atoms with Crippen LogP contribution in [0.2, 0.25) is 0 Å². The number of phosphoric ester groups is 1. The van der Waals surface area contributed by atoms with Crippen molar-refractivity contribution in [1.29, 1.82) is 0 Å². The molecular weight excluding hydrogens is 916 g/mol. The summed E-state index contributed by atoms with van der Waals surface area (Å²) in [5.41, 5.74) is 0. The van der Waals surface area contributed by atoms with Crippen LogP contribution in [0.3, 0.4) is 0 Å². The van der Waals surface area contributed by atoms with Gasteiger partial charge in [-0.2, -0.15) is 0 Å². The molecule has 9 nitrogen and oxygen atoms in total. The van der Waals surface area contributed by atoms with Crippen LogP contribution in [0.5, 0.6) is 0 Å². The van der Waals surface area contributed by atoms with Crippen molar-refractivity contribution in [3.05, 3.63) is 60.8 Å². The first-order chi connectivity index (χ1) is 34.9. The molecule has 0 aliphatic rings. The van der Waals surface area contributed by atoms with Crippen LogP contribution >= 0.6 is 7.82 Å². The van der Waals surface area contributed by atoms with Crippen LogP contribution in [0.15, 0.2) is 60.8 Å². The number of unbranched alkanes of at least 4 members (excludes halogenated alkanes) is 31. The molecule has 0 radical (unpaired) electrons. The van der Waals surface area contributed by atoms with Gasteiger partial charge in [0.25, 0.3) is 0 Å². The van der Waals surface area contributed by atoms with Crippen LogP contribution < -0.4 is 5.32 Å². The highest BCUT2D eigenvalue weighted by molar-refractivity contribution is 7.47. The second-order valence-electron chi connectivity index (χ2n) is 21.5. The Balaban J connectivity index is 5.30. The van der Waals surface area contributed by atoms with Gasteiger partial charge in [-0.1, -0.05) is 230 Å². The number of nitrogens with zero attached hydrogens (tertiary/aromatic N) is 1. The summed E-state index contributed by atoms with van der Waals surface area (Å²) in [5, 5.41) is 3.05. The summed E-state index contributed by atoms with van der Waals surface area (Å²) in [4.78, 5) is 37.6. The summed E-state index contributed by atoms with van der Waals surface area (Å²) in [6, 6.07) is -0.856. The number of rotatable bonds is 54. The van der Waals surface area contributed by atoms with Gasteiger partial charge in [-0.3, -0.25) is 18.6 Å². The number of esters is 1. The third kappa shape index (κ3) is 52.6. The Kier molecular flexibility index (Phi) is 50.5. The molecule has 0 aliphatic carbocycles. The zero-order valence-corrected chi connectivity index (χ0v) is 48.8. The molecule has 72 heavy (non-hydrogen) atoms. The number of quaternary nitrogens is 1. The lowest BCUT2D eigenvalue weighted by Crippen LogP contribution is -2.47. The number of amides is 1. The Hall–Kier alpha value is -2.29. The van der Waals surface area contributed by atoms with Gasteiger partial charge < -0.3 is 19.4 Å². The van der Waals surface area contributed by atoms with Gasteiger partial charge >= 0.3 is 13.8 Å². The second kappa shape index (κ2) is 52.2. The SMILES string of the molecule is CCCCC/C=C\C/C=C\CCCCCCCCCCCC(=O)OC(/C=C/CCCCCCCCCCCC)C(COP(=O)(O)OCC[N+](C)(C)C)NC(=O)CCCCCCCC/C=C/C=C/CCCCC. The molecule has 0 aromatic heterocycles. The van der Waals surface area contributed by atoms with Crippen LogP contribution in [0.4, 0.5) is 0 Å². The van der Waals surface area contributed by atoms with Crippen molar-refractivity contribution in [2.45, 2.75) is 283 Å². The van der Waals surface area contributed by atoms with E-state index in [1.165, 1.54) is 154 Å². The van der Waals surface area contributed by atoms with Gasteiger partial charge in [0, 0.05) is 12.8 Å². The topological polar surface area (TPSA) is 111 Å². The lowest BCUT2D eigenvalue weighted by atomic mass is 10.0. The highest BCUT2D eigenvalue weighted by Crippen LogP contribution is 2.43. The molecule has 0 aromatic carbocycles. The molecule has 0 spiro atoms. The van der Waals surface area contributed by atoms with E-state index in [9.17, 15) is 19.0 Å². The number of phosphoric acid groups is 1. The Bertz CT molecular complexity index is 1420. The van der Waals surface area contributed by atoms with Crippen molar-refractivity contribution in [3.63, 3.8) is 0 Å². The minimum atomic E-state index is -4.45. The molecule has 3 atom stereocenters. The first-order valence-electron chi connectivity index (χ1n) is 30.1. The fourth-order valence-corrected chi connectivity index (χ4v) is 9.23. The Labute approximate surface area is 445 Å². The van der Waals surface area contributed by atoms with Crippen LogP contribution in [-0.2, 0) is 27.9 Å². The minimum absolute atomic E-state index is 0.0360. The van der Waals surface area contributed by atoms with E-state index in [4.69, 9.17) is 13.8 Å². The van der Waals surface area contributed by atoms with E-state index < -0.39 is 20.0 Å². The molecular formula is C62H116N2O7P+. The number of nitrogens with one attached hydrogen (secondary N) is 1. The predicted molar refractivity (Wildman–Crippen MR) is 309 cm³/mol. The van der Waals surface area contributed by atoms with Crippen molar-refractivity contribution in [2.24, 2.45) is 0 Å². The van der Waals surface area contributed by atoms with Crippen molar-refractivity contribution in [3.8, 4) is 0 Å². The van der Waals surface area contributed by atoms with E-state index in [1.54, 1.807) is 0 Å². The maximum absolute atomic E-state index is 13.5. The number of allylic oxidation sites excluding steroid dienone is 9. The van der Waals surface area contributed by atoms with Gasteiger partial charge in [0.15, 0.2) is 0 Å². The molecule has 0 bridgehead atoms. The zero-order chi connectivity index (χ0) is 52.9. The average Bonchev–Trinajstić information content (AvgIpc) is 3.34. The van der Waals surface area contributed by atoms with Gasteiger partial charge in [0.2, 0.25) is 5.91 Å². The zero-order valence-electron chi connectivity index (χ0n) is 47.9. The van der Waals surface area contributed by atoms with Gasteiger partial charge in [-0.15, -0.1) is 0 Å². The summed E-state index contributed by atoms with van der Waals surface area (Å²) in [6.45, 7) is 6.95. The summed E-state index contributed by atoms with van der Waals surface area (Å²) < 4.78 is 30.6. The maximum Gasteiger partial charge on any atom is 0.472 e. The van der Waals surface area contributed by atoms with Crippen LogP contribution in [0, 0.1) is 0 Å². The Morgan fingerprint density at radius 2 is 0.889 bits per heavy atom. The van der Waals surface area contributed by atoms with E-state index in [-0.39, 0.29) is 31.5 Å². The van der Waals surface area contributed by atoms with Gasteiger partial charge in [-0.05, 0) is 89.5 Å². The average molecular weight is 1030 g/mol. The highest BCUT2D eigenvalue weighted by atomic mass is 31.2. The Morgan fingerprint density at radius 1 is 0.500 bits per heavy atom. The molecule has 1 amide bonds. The van der Waals surface area contributed by atoms with Crippen LogP contribution in [0.25, 0.3) is 0 Å². The predicted octanol–water partition coefficient (Wildman–Crippen LogP) is 18.3. The lowest BCUT2D eigenvalue weighted by molar-refractivity contribution is -0.870. The molecule has 0 aliphatic heterocycles. The van der Waals surface area contributed by atoms with Gasteiger partial charge in [0.05, 0.1) is 33.8 Å². The maximum atomic E-state index is 13.5. The molecule has 2 N–H and O–H groups in total. The summed E-state index contributed by atoms with van der Waals surface area (Å²) >= 11 is 0. The highest BCUT2D eigenvalue weighted by Gasteiger charge is 2.30. The van der Waals surface area contributed by atoms with E-state index in [0.717, 1.165) is 83.5 Å². The third-order valence-corrected chi connectivity index (χ3v) is 14.2. The molecule has 420 valence electrons. The van der Waals surface area contributed by atoms with E-state index >= 15 is 0 Å². The molecule has 3 unspecified atom stereocenters. The van der Waals surface area contributed by atoms with E-state index in [0.29, 0.717) is 17.4 Å². The van der Waals surface area contributed by atoms with Crippen molar-refractivity contribution < 1.29 is 37.3 Å². The summed E-state index contributed by atoms with van der Waals surface area (Å²) in [7, 11) is 1.48. The van der Waals surface area contributed by atoms with Crippen molar-refractivity contribution in [1.82, 2.24) is 5.32 Å². The van der Waals surface area contributed by atoms with Crippen LogP contribution in [-0.4, -0.2) is 74.3 Å². The first-order valence-corrected chi connectivity index (χ1v) is 31.6. The summed E-state index contributed by atoms with van der Waals surface area (Å²) in [6.07, 6.45) is 64.9. The quantitative estimate of drug-likeness (QED) is 0.0156. The van der Waals surface area contributed by atoms with Gasteiger partial charge in [-0.25, -0.2) is 4.57 Å². The minimum Gasteiger partial charge on any atom is -0.456 e. The largest absolute Gasteiger partial charge is 0.472 e. The van der Waals surface area contributed by atoms with Crippen LogP contribution in [0.1, 0.15) is 271 Å². The monoisotopic (exact) mass is 1030 g/mol. The Morgan fingerprint density at radius 3 is 1.36 bits per heavy atom. The molecule has 10 heteroatoms. The number of likely N-dealkylation sites (N-methyl/N-ethyl adjacent to an activating group) is 1.